The fraction of sp³-hybridized carbons (Fsp3) is 0. The molecule has 0 bridgehead atoms. The molecule has 0 rings (SSSR count). The summed E-state index contributed by atoms with van der Waals surface area (Å²) >= 11 is 0. The summed E-state index contributed by atoms with van der Waals surface area (Å²) in [5.74, 6) is -3.65. The van der Waals surface area contributed by atoms with Gasteiger partial charge in [-0.15, -0.1) is 0 Å². The maximum absolute atomic E-state index is 9.10. The molecule has 0 aromatic heterocycles. The van der Waals surface area contributed by atoms with Crippen LogP contribution in [-0.2, 0) is 46.7 Å². The molecule has 2 radical (unpaired) electrons. The van der Waals surface area contributed by atoms with Gasteiger partial charge in [-0.3, -0.25) is 0 Å². The molecule has 0 saturated heterocycles. The van der Waals surface area contributed by atoms with Gasteiger partial charge in [0.2, 0.25) is 0 Å². The maximum Gasteiger partial charge on any atom is 0.414 e. The zero-order valence-electron chi connectivity index (χ0n) is 3.61. The van der Waals surface area contributed by atoms with Crippen molar-refractivity contribution in [3.05, 3.63) is 0 Å². The van der Waals surface area contributed by atoms with Crippen molar-refractivity contribution >= 4 is 11.9 Å². The molecule has 2 N–H and O–H groups in total. The second kappa shape index (κ2) is 7.11. The first kappa shape index (κ1) is 15.7. The molecular formula is C2H2O4V2. The first-order chi connectivity index (χ1) is 2.64. The molecule has 0 aliphatic heterocycles. The van der Waals surface area contributed by atoms with Gasteiger partial charge in [0.1, 0.15) is 0 Å². The Kier molecular flexibility index (Phi) is 14.0. The number of rotatable bonds is 0. The minimum absolute atomic E-state index is 0. The fourth-order valence-electron chi connectivity index (χ4n) is 0. The van der Waals surface area contributed by atoms with Gasteiger partial charge in [0.15, 0.2) is 0 Å². The molecule has 0 amide bonds. The largest absolute Gasteiger partial charge is 0.473 e. The standard InChI is InChI=1S/C2H2O4.2V/c3-1(4)2(5)6;;/h(H,3,4)(H,5,6);;. The van der Waals surface area contributed by atoms with Crippen LogP contribution in [-0.4, -0.2) is 22.2 Å². The summed E-state index contributed by atoms with van der Waals surface area (Å²) in [6.07, 6.45) is 0. The fourth-order valence-corrected chi connectivity index (χ4v) is 0. The molecule has 0 aromatic rings. The van der Waals surface area contributed by atoms with Gasteiger partial charge in [-0.05, 0) is 0 Å². The molecular weight excluding hydrogens is 190 g/mol. The number of hydrogen-bond donors (Lipinski definition) is 2. The van der Waals surface area contributed by atoms with E-state index in [1.54, 1.807) is 0 Å². The van der Waals surface area contributed by atoms with Crippen molar-refractivity contribution in [2.45, 2.75) is 0 Å². The molecule has 44 valence electrons. The van der Waals surface area contributed by atoms with Crippen molar-refractivity contribution in [1.29, 1.82) is 0 Å². The van der Waals surface area contributed by atoms with Gasteiger partial charge in [-0.25, -0.2) is 9.59 Å². The first-order valence-electron chi connectivity index (χ1n) is 1.11. The molecule has 0 spiro atoms. The number of carbonyl (C=O) groups is 2. The van der Waals surface area contributed by atoms with Crippen molar-refractivity contribution in [2.24, 2.45) is 0 Å². The summed E-state index contributed by atoms with van der Waals surface area (Å²) < 4.78 is 0. The van der Waals surface area contributed by atoms with Crippen LogP contribution in [0.4, 0.5) is 0 Å². The Labute approximate surface area is 69.0 Å². The van der Waals surface area contributed by atoms with Crippen molar-refractivity contribution < 1.29 is 56.9 Å². The van der Waals surface area contributed by atoms with Crippen LogP contribution in [0, 0.1) is 0 Å². The van der Waals surface area contributed by atoms with E-state index in [2.05, 4.69) is 0 Å². The second-order valence-electron chi connectivity index (χ2n) is 0.610. The molecule has 0 saturated carbocycles. The van der Waals surface area contributed by atoms with Crippen LogP contribution in [0.15, 0.2) is 0 Å². The van der Waals surface area contributed by atoms with Crippen LogP contribution in [0.3, 0.4) is 0 Å². The molecule has 0 aromatic carbocycles. The monoisotopic (exact) mass is 192 g/mol. The Morgan fingerprint density at radius 2 is 1.00 bits per heavy atom. The number of carboxylic acid groups (broad SMARTS) is 2. The Bertz CT molecular complexity index is 78.0. The molecule has 0 aliphatic carbocycles. The molecule has 0 atom stereocenters. The average molecular weight is 192 g/mol. The third-order valence-corrected chi connectivity index (χ3v) is 0.183. The van der Waals surface area contributed by atoms with E-state index in [1.165, 1.54) is 0 Å². The van der Waals surface area contributed by atoms with Crippen molar-refractivity contribution in [1.82, 2.24) is 0 Å². The zero-order chi connectivity index (χ0) is 5.15. The molecule has 4 nitrogen and oxygen atoms in total. The number of carboxylic acids is 2. The smallest absolute Gasteiger partial charge is 0.414 e. The Hall–Kier alpha value is 0.109. The van der Waals surface area contributed by atoms with Gasteiger partial charge in [0.25, 0.3) is 0 Å². The Morgan fingerprint density at radius 3 is 1.00 bits per heavy atom. The van der Waals surface area contributed by atoms with E-state index in [1.807, 2.05) is 0 Å². The molecule has 0 heterocycles. The third-order valence-electron chi connectivity index (χ3n) is 0.183. The molecule has 0 fully saturated rings. The minimum Gasteiger partial charge on any atom is -0.473 e. The average Bonchev–Trinajstić information content (AvgIpc) is 1.36. The molecule has 0 unspecified atom stereocenters. The van der Waals surface area contributed by atoms with E-state index in [0.29, 0.717) is 0 Å². The van der Waals surface area contributed by atoms with Crippen LogP contribution in [0.5, 0.6) is 0 Å². The zero-order valence-corrected chi connectivity index (χ0v) is 6.40. The van der Waals surface area contributed by atoms with Crippen LogP contribution < -0.4 is 0 Å². The predicted molar refractivity (Wildman–Crippen MR) is 15.3 cm³/mol. The SMILES string of the molecule is O=C(O)C(=O)O.[V].[V]. The van der Waals surface area contributed by atoms with Crippen LogP contribution >= 0.6 is 0 Å². The Morgan fingerprint density at radius 1 is 0.875 bits per heavy atom. The van der Waals surface area contributed by atoms with E-state index in [-0.39, 0.29) is 37.1 Å². The van der Waals surface area contributed by atoms with E-state index in [0.717, 1.165) is 0 Å². The van der Waals surface area contributed by atoms with Gasteiger partial charge in [-0.2, -0.15) is 0 Å². The molecule has 8 heavy (non-hydrogen) atoms. The van der Waals surface area contributed by atoms with Crippen LogP contribution in [0.1, 0.15) is 0 Å². The van der Waals surface area contributed by atoms with Gasteiger partial charge in [-0.1, -0.05) is 0 Å². The van der Waals surface area contributed by atoms with E-state index < -0.39 is 11.9 Å². The van der Waals surface area contributed by atoms with E-state index >= 15 is 0 Å². The van der Waals surface area contributed by atoms with Gasteiger partial charge >= 0.3 is 11.9 Å². The summed E-state index contributed by atoms with van der Waals surface area (Å²) in [6, 6.07) is 0. The van der Waals surface area contributed by atoms with Crippen molar-refractivity contribution in [3.8, 4) is 0 Å². The van der Waals surface area contributed by atoms with Crippen LogP contribution in [0.2, 0.25) is 0 Å². The summed E-state index contributed by atoms with van der Waals surface area (Å²) in [6.45, 7) is 0. The molecule has 6 heteroatoms. The topological polar surface area (TPSA) is 74.6 Å². The summed E-state index contributed by atoms with van der Waals surface area (Å²) in [5, 5.41) is 14.8. The predicted octanol–water partition coefficient (Wildman–Crippen LogP) is -0.849. The summed E-state index contributed by atoms with van der Waals surface area (Å²) in [5.41, 5.74) is 0. The van der Waals surface area contributed by atoms with E-state index in [9.17, 15) is 0 Å². The summed E-state index contributed by atoms with van der Waals surface area (Å²) in [7, 11) is 0. The van der Waals surface area contributed by atoms with Gasteiger partial charge < -0.3 is 10.2 Å². The van der Waals surface area contributed by atoms with Crippen LogP contribution in [0.25, 0.3) is 0 Å². The second-order valence-corrected chi connectivity index (χ2v) is 0.610. The van der Waals surface area contributed by atoms with E-state index in [4.69, 9.17) is 19.8 Å². The molecule has 0 aliphatic rings. The van der Waals surface area contributed by atoms with Crippen molar-refractivity contribution in [2.75, 3.05) is 0 Å². The van der Waals surface area contributed by atoms with Gasteiger partial charge in [0.05, 0.1) is 0 Å². The van der Waals surface area contributed by atoms with Gasteiger partial charge in [0, 0.05) is 37.1 Å². The maximum atomic E-state index is 9.10. The van der Waals surface area contributed by atoms with Crippen molar-refractivity contribution in [3.63, 3.8) is 0 Å². The quantitative estimate of drug-likeness (QED) is 0.490. The summed E-state index contributed by atoms with van der Waals surface area (Å²) in [4.78, 5) is 18.2. The number of aliphatic carboxylic acids is 2. The third kappa shape index (κ3) is 9.44. The normalized spacial score (nSPS) is 5.50. The number of hydrogen-bond acceptors (Lipinski definition) is 2. The first-order valence-corrected chi connectivity index (χ1v) is 1.11. The Balaban J connectivity index is -0.000000125. The minimum atomic E-state index is -1.82.